The highest BCUT2D eigenvalue weighted by molar-refractivity contribution is 6.30. The van der Waals surface area contributed by atoms with Crippen LogP contribution in [0.1, 0.15) is 10.4 Å². The molecule has 19 heavy (non-hydrogen) atoms. The molecular weight excluding hydrogens is 268 g/mol. The van der Waals surface area contributed by atoms with Gasteiger partial charge in [0.15, 0.2) is 11.5 Å². The smallest absolute Gasteiger partial charge is 0.335 e. The number of carbonyl (C=O) groups is 1. The van der Waals surface area contributed by atoms with E-state index in [1.165, 1.54) is 19.2 Å². The molecule has 2 N–H and O–H groups in total. The van der Waals surface area contributed by atoms with Crippen LogP contribution in [-0.2, 0) is 0 Å². The summed E-state index contributed by atoms with van der Waals surface area (Å²) >= 11 is 5.80. The Labute approximate surface area is 114 Å². The zero-order valence-corrected chi connectivity index (χ0v) is 10.8. The van der Waals surface area contributed by atoms with E-state index in [0.717, 1.165) is 0 Å². The van der Waals surface area contributed by atoms with Crippen molar-refractivity contribution in [2.45, 2.75) is 0 Å². The molecule has 0 saturated heterocycles. The van der Waals surface area contributed by atoms with Crippen molar-refractivity contribution in [2.75, 3.05) is 7.11 Å². The zero-order chi connectivity index (χ0) is 14.0. The van der Waals surface area contributed by atoms with Gasteiger partial charge in [0.2, 0.25) is 0 Å². The molecule has 0 bridgehead atoms. The molecule has 2 aromatic rings. The molecule has 0 aromatic heterocycles. The Bertz CT molecular complexity index is 620. The van der Waals surface area contributed by atoms with Gasteiger partial charge in [-0.25, -0.2) is 4.79 Å². The average Bonchev–Trinajstić information content (AvgIpc) is 2.40. The van der Waals surface area contributed by atoms with Crippen LogP contribution in [-0.4, -0.2) is 23.3 Å². The van der Waals surface area contributed by atoms with E-state index in [1.54, 1.807) is 24.3 Å². The Morgan fingerprint density at radius 2 is 1.84 bits per heavy atom. The molecule has 0 spiro atoms. The Hall–Kier alpha value is -2.20. The van der Waals surface area contributed by atoms with Crippen molar-refractivity contribution in [1.82, 2.24) is 0 Å². The molecule has 2 aromatic carbocycles. The summed E-state index contributed by atoms with van der Waals surface area (Å²) in [5, 5.41) is 19.7. The Morgan fingerprint density at radius 3 is 2.37 bits per heavy atom. The second-order valence-corrected chi connectivity index (χ2v) is 4.32. The molecular formula is C14H11ClO4. The molecule has 0 atom stereocenters. The van der Waals surface area contributed by atoms with E-state index in [4.69, 9.17) is 21.4 Å². The highest BCUT2D eigenvalue weighted by Crippen LogP contribution is 2.38. The van der Waals surface area contributed by atoms with Gasteiger partial charge in [0, 0.05) is 10.6 Å². The first-order valence-electron chi connectivity index (χ1n) is 5.43. The summed E-state index contributed by atoms with van der Waals surface area (Å²) in [6.07, 6.45) is 0. The number of halogens is 1. The molecule has 0 aliphatic carbocycles. The molecule has 5 heteroatoms. The molecule has 0 aliphatic rings. The standard InChI is InChI=1S/C14H11ClO4/c1-19-12-7-9(14(17)18)6-11(13(12)16)8-2-4-10(15)5-3-8/h2-7,16H,1H3,(H,17,18). The van der Waals surface area contributed by atoms with E-state index in [9.17, 15) is 9.90 Å². The van der Waals surface area contributed by atoms with Gasteiger partial charge in [-0.1, -0.05) is 23.7 Å². The first-order valence-corrected chi connectivity index (χ1v) is 5.81. The normalized spacial score (nSPS) is 10.2. The largest absolute Gasteiger partial charge is 0.504 e. The van der Waals surface area contributed by atoms with Crippen molar-refractivity contribution in [3.05, 3.63) is 47.0 Å². The van der Waals surface area contributed by atoms with Crippen LogP contribution in [0.2, 0.25) is 5.02 Å². The van der Waals surface area contributed by atoms with Crippen LogP contribution < -0.4 is 4.74 Å². The fourth-order valence-corrected chi connectivity index (χ4v) is 1.86. The number of methoxy groups -OCH3 is 1. The van der Waals surface area contributed by atoms with Gasteiger partial charge < -0.3 is 14.9 Å². The SMILES string of the molecule is COc1cc(C(=O)O)cc(-c2ccc(Cl)cc2)c1O. The topological polar surface area (TPSA) is 66.8 Å². The van der Waals surface area contributed by atoms with Crippen LogP contribution in [0.15, 0.2) is 36.4 Å². The number of benzene rings is 2. The van der Waals surface area contributed by atoms with Crippen molar-refractivity contribution in [3.8, 4) is 22.6 Å². The maximum Gasteiger partial charge on any atom is 0.335 e. The number of aromatic hydroxyl groups is 1. The van der Waals surface area contributed by atoms with E-state index < -0.39 is 5.97 Å². The van der Waals surface area contributed by atoms with Gasteiger partial charge in [-0.3, -0.25) is 0 Å². The van der Waals surface area contributed by atoms with Crippen molar-refractivity contribution >= 4 is 17.6 Å². The summed E-state index contributed by atoms with van der Waals surface area (Å²) in [5.74, 6) is -1.08. The molecule has 0 heterocycles. The fraction of sp³-hybridized carbons (Fsp3) is 0.0714. The van der Waals surface area contributed by atoms with E-state index in [0.29, 0.717) is 16.1 Å². The number of phenols is 1. The Balaban J connectivity index is 2.64. The van der Waals surface area contributed by atoms with Gasteiger partial charge in [0.1, 0.15) is 0 Å². The van der Waals surface area contributed by atoms with Crippen LogP contribution in [0, 0.1) is 0 Å². The molecule has 0 amide bonds. The van der Waals surface area contributed by atoms with Crippen molar-refractivity contribution in [1.29, 1.82) is 0 Å². The molecule has 98 valence electrons. The second-order valence-electron chi connectivity index (χ2n) is 3.89. The molecule has 0 fully saturated rings. The Morgan fingerprint density at radius 1 is 1.21 bits per heavy atom. The zero-order valence-electron chi connectivity index (χ0n) is 10.1. The number of carboxylic acids is 1. The van der Waals surface area contributed by atoms with Crippen molar-refractivity contribution in [3.63, 3.8) is 0 Å². The van der Waals surface area contributed by atoms with Gasteiger partial charge >= 0.3 is 5.97 Å². The number of rotatable bonds is 3. The molecule has 2 rings (SSSR count). The molecule has 0 saturated carbocycles. The summed E-state index contributed by atoms with van der Waals surface area (Å²) in [4.78, 5) is 11.1. The van der Waals surface area contributed by atoms with E-state index in [-0.39, 0.29) is 17.1 Å². The minimum Gasteiger partial charge on any atom is -0.504 e. The minimum atomic E-state index is -1.09. The first-order chi connectivity index (χ1) is 9.02. The second kappa shape index (κ2) is 5.20. The average molecular weight is 279 g/mol. The third-order valence-corrected chi connectivity index (χ3v) is 2.95. The van der Waals surface area contributed by atoms with Crippen molar-refractivity contribution in [2.24, 2.45) is 0 Å². The van der Waals surface area contributed by atoms with E-state index in [1.807, 2.05) is 0 Å². The molecule has 0 radical (unpaired) electrons. The predicted molar refractivity (Wildman–Crippen MR) is 72.1 cm³/mol. The van der Waals surface area contributed by atoms with E-state index >= 15 is 0 Å². The lowest BCUT2D eigenvalue weighted by Crippen LogP contribution is -1.98. The number of aromatic carboxylic acids is 1. The third-order valence-electron chi connectivity index (χ3n) is 2.70. The number of carboxylic acid groups (broad SMARTS) is 1. The van der Waals surface area contributed by atoms with Crippen LogP contribution in [0.5, 0.6) is 11.5 Å². The van der Waals surface area contributed by atoms with Crippen LogP contribution in [0.4, 0.5) is 0 Å². The lowest BCUT2D eigenvalue weighted by atomic mass is 10.0. The van der Waals surface area contributed by atoms with Gasteiger partial charge in [-0.05, 0) is 29.8 Å². The summed E-state index contributed by atoms with van der Waals surface area (Å²) < 4.78 is 4.98. The summed E-state index contributed by atoms with van der Waals surface area (Å²) in [6, 6.07) is 9.39. The van der Waals surface area contributed by atoms with Crippen LogP contribution in [0.25, 0.3) is 11.1 Å². The summed E-state index contributed by atoms with van der Waals surface area (Å²) in [7, 11) is 1.37. The van der Waals surface area contributed by atoms with Gasteiger partial charge in [0.05, 0.1) is 12.7 Å². The van der Waals surface area contributed by atoms with Gasteiger partial charge in [0.25, 0.3) is 0 Å². The maximum absolute atomic E-state index is 11.1. The minimum absolute atomic E-state index is 0.0413. The lowest BCUT2D eigenvalue weighted by Gasteiger charge is -2.11. The molecule has 0 aliphatic heterocycles. The Kier molecular flexibility index (Phi) is 3.62. The number of hydrogen-bond acceptors (Lipinski definition) is 3. The van der Waals surface area contributed by atoms with E-state index in [2.05, 4.69) is 0 Å². The van der Waals surface area contributed by atoms with Gasteiger partial charge in [-0.15, -0.1) is 0 Å². The first kappa shape index (κ1) is 13.2. The molecule has 0 unspecified atom stereocenters. The van der Waals surface area contributed by atoms with Crippen LogP contribution >= 0.6 is 11.6 Å². The summed E-state index contributed by atoms with van der Waals surface area (Å²) in [6.45, 7) is 0. The number of ether oxygens (including phenoxy) is 1. The highest BCUT2D eigenvalue weighted by Gasteiger charge is 2.15. The monoisotopic (exact) mass is 278 g/mol. The number of phenolic OH excluding ortho intramolecular Hbond substituents is 1. The van der Waals surface area contributed by atoms with Gasteiger partial charge in [-0.2, -0.15) is 0 Å². The van der Waals surface area contributed by atoms with Crippen molar-refractivity contribution < 1.29 is 19.7 Å². The molecule has 4 nitrogen and oxygen atoms in total. The lowest BCUT2D eigenvalue weighted by molar-refractivity contribution is 0.0696. The quantitative estimate of drug-likeness (QED) is 0.903. The van der Waals surface area contributed by atoms with Crippen LogP contribution in [0.3, 0.4) is 0 Å². The third kappa shape index (κ3) is 2.63. The summed E-state index contributed by atoms with van der Waals surface area (Å²) in [5.41, 5.74) is 1.08. The highest BCUT2D eigenvalue weighted by atomic mass is 35.5. The number of hydrogen-bond donors (Lipinski definition) is 2. The fourth-order valence-electron chi connectivity index (χ4n) is 1.74. The predicted octanol–water partition coefficient (Wildman–Crippen LogP) is 3.42. The maximum atomic E-state index is 11.1.